The summed E-state index contributed by atoms with van der Waals surface area (Å²) < 4.78 is 11.1. The third-order valence-corrected chi connectivity index (χ3v) is 4.01. The van der Waals surface area contributed by atoms with Crippen molar-refractivity contribution in [1.82, 2.24) is 5.32 Å². The predicted octanol–water partition coefficient (Wildman–Crippen LogP) is 2.48. The van der Waals surface area contributed by atoms with Gasteiger partial charge in [0.2, 0.25) is 0 Å². The van der Waals surface area contributed by atoms with E-state index in [0.717, 1.165) is 11.2 Å². The molecule has 0 aromatic rings. The lowest BCUT2D eigenvalue weighted by atomic mass is 9.80. The zero-order valence-corrected chi connectivity index (χ0v) is 15.5. The zero-order valence-electron chi connectivity index (χ0n) is 15.5. The van der Waals surface area contributed by atoms with E-state index >= 15 is 0 Å². The number of allylic oxidation sites excluding steroid dienone is 4. The molecule has 0 aliphatic rings. The molecule has 0 fully saturated rings. The fourth-order valence-corrected chi connectivity index (χ4v) is 1.59. The second kappa shape index (κ2) is 9.06. The Morgan fingerprint density at radius 2 is 1.91 bits per heavy atom. The van der Waals surface area contributed by atoms with Crippen LogP contribution < -0.4 is 5.32 Å². The van der Waals surface area contributed by atoms with Gasteiger partial charge in [-0.2, -0.15) is 0 Å². The van der Waals surface area contributed by atoms with Crippen LogP contribution in [0.5, 0.6) is 0 Å². The molecule has 0 aromatic heterocycles. The van der Waals surface area contributed by atoms with E-state index in [-0.39, 0.29) is 6.23 Å². The molecule has 6 heteroatoms. The Balaban J connectivity index is 5.36. The Morgan fingerprint density at radius 3 is 2.30 bits per heavy atom. The van der Waals surface area contributed by atoms with E-state index in [1.807, 2.05) is 27.7 Å². The summed E-state index contributed by atoms with van der Waals surface area (Å²) in [6, 6.07) is 0. The van der Waals surface area contributed by atoms with E-state index in [9.17, 15) is 5.11 Å². The van der Waals surface area contributed by atoms with Gasteiger partial charge in [0.05, 0.1) is 11.2 Å². The van der Waals surface area contributed by atoms with Gasteiger partial charge in [-0.3, -0.25) is 0 Å². The summed E-state index contributed by atoms with van der Waals surface area (Å²) in [5, 5.41) is 21.1. The van der Waals surface area contributed by atoms with Gasteiger partial charge in [-0.05, 0) is 47.6 Å². The largest absolute Gasteiger partial charge is 0.427 e. The molecule has 0 radical (unpaired) electrons. The molecule has 3 N–H and O–H groups in total. The quantitative estimate of drug-likeness (QED) is 0.250. The van der Waals surface area contributed by atoms with Crippen LogP contribution in [-0.4, -0.2) is 43.3 Å². The highest BCUT2D eigenvalue weighted by Crippen LogP contribution is 2.25. The van der Waals surface area contributed by atoms with Crippen LogP contribution in [-0.2, 0) is 9.39 Å². The lowest BCUT2D eigenvalue weighted by molar-refractivity contribution is -0.0897. The fourth-order valence-electron chi connectivity index (χ4n) is 1.59. The molecule has 1 unspecified atom stereocenters. The highest BCUT2D eigenvalue weighted by Gasteiger charge is 2.35. The molecule has 1 atom stereocenters. The van der Waals surface area contributed by atoms with Gasteiger partial charge in [0, 0.05) is 24.6 Å². The summed E-state index contributed by atoms with van der Waals surface area (Å²) in [6.07, 6.45) is 4.53. The first-order chi connectivity index (χ1) is 10.5. The average Bonchev–Trinajstić information content (AvgIpc) is 2.44. The topological polar surface area (TPSA) is 74.6 Å². The van der Waals surface area contributed by atoms with Crippen molar-refractivity contribution in [3.8, 4) is 0 Å². The van der Waals surface area contributed by atoms with Crippen molar-refractivity contribution in [3.05, 3.63) is 35.5 Å². The Morgan fingerprint density at radius 1 is 1.35 bits per heavy atom. The minimum atomic E-state index is -0.972. The van der Waals surface area contributed by atoms with Crippen LogP contribution in [0.1, 0.15) is 41.5 Å². The maximum atomic E-state index is 10.2. The van der Waals surface area contributed by atoms with Gasteiger partial charge in [0.25, 0.3) is 0 Å². The van der Waals surface area contributed by atoms with E-state index in [1.54, 1.807) is 33.1 Å². The monoisotopic (exact) mass is 322 g/mol. The maximum Gasteiger partial charge on any atom is 0.305 e. The Kier molecular flexibility index (Phi) is 8.52. The normalized spacial score (nSPS) is 15.6. The van der Waals surface area contributed by atoms with Gasteiger partial charge >= 0.3 is 7.48 Å². The number of rotatable bonds is 10. The van der Waals surface area contributed by atoms with Crippen LogP contribution in [0.15, 0.2) is 35.5 Å². The molecule has 0 spiro atoms. The number of methoxy groups -OCH3 is 1. The first-order valence-corrected chi connectivity index (χ1v) is 7.69. The summed E-state index contributed by atoms with van der Waals surface area (Å²) in [5.74, 6) is 0. The maximum absolute atomic E-state index is 10.2. The Hall–Kier alpha value is -1.37. The van der Waals surface area contributed by atoms with Gasteiger partial charge in [-0.25, -0.2) is 0 Å². The molecule has 0 aliphatic heterocycles. The summed E-state index contributed by atoms with van der Waals surface area (Å²) in [6.45, 7) is 14.6. The minimum Gasteiger partial charge on any atom is -0.427 e. The number of aliphatic hydroxyl groups is 1. The third-order valence-electron chi connectivity index (χ3n) is 4.01. The Bertz CT molecular complexity index is 477. The molecule has 5 nitrogen and oxygen atoms in total. The van der Waals surface area contributed by atoms with Gasteiger partial charge < -0.3 is 25.2 Å². The van der Waals surface area contributed by atoms with E-state index in [4.69, 9.17) is 14.8 Å². The van der Waals surface area contributed by atoms with Crippen LogP contribution in [0.3, 0.4) is 0 Å². The summed E-state index contributed by atoms with van der Waals surface area (Å²) in [5.41, 5.74) is 0.644. The van der Waals surface area contributed by atoms with Gasteiger partial charge in [-0.1, -0.05) is 18.1 Å². The summed E-state index contributed by atoms with van der Waals surface area (Å²) in [7, 11) is 1.91. The first kappa shape index (κ1) is 21.6. The molecule has 0 bridgehead atoms. The van der Waals surface area contributed by atoms with E-state index in [2.05, 4.69) is 11.9 Å². The molecular weight excluding hydrogens is 291 g/mol. The van der Waals surface area contributed by atoms with Crippen LogP contribution >= 0.6 is 0 Å². The second-order valence-electron chi connectivity index (χ2n) is 6.53. The molecular formula is C17H31BN2O3. The zero-order chi connectivity index (χ0) is 18.3. The second-order valence-corrected chi connectivity index (χ2v) is 6.53. The van der Waals surface area contributed by atoms with Crippen LogP contribution in [0, 0.1) is 5.41 Å². The third kappa shape index (κ3) is 6.73. The van der Waals surface area contributed by atoms with E-state index in [0.29, 0.717) is 13.1 Å². The molecule has 0 amide bonds. The summed E-state index contributed by atoms with van der Waals surface area (Å²) in [4.78, 5) is 0. The van der Waals surface area contributed by atoms with E-state index < -0.39 is 11.2 Å². The molecule has 0 heterocycles. The smallest absolute Gasteiger partial charge is 0.305 e. The molecule has 0 aliphatic carbocycles. The van der Waals surface area contributed by atoms with Crippen molar-refractivity contribution in [2.45, 2.75) is 59.0 Å². The van der Waals surface area contributed by atoms with Crippen molar-refractivity contribution in [1.29, 1.82) is 5.41 Å². The van der Waals surface area contributed by atoms with Gasteiger partial charge in [0.1, 0.15) is 6.23 Å². The lowest BCUT2D eigenvalue weighted by Crippen LogP contribution is -2.48. The van der Waals surface area contributed by atoms with Gasteiger partial charge in [0.15, 0.2) is 0 Å². The van der Waals surface area contributed by atoms with Crippen molar-refractivity contribution < 1.29 is 14.5 Å². The lowest BCUT2D eigenvalue weighted by Gasteiger charge is -2.37. The molecule has 0 saturated carbocycles. The SMILES string of the molecule is C=C/C=C(NC(C)OC)\C(C=N)=C(/C)BOC(C)(C)C(C)(C)O. The number of hydrogen-bond donors (Lipinski definition) is 3. The highest BCUT2D eigenvalue weighted by atomic mass is 16.5. The van der Waals surface area contributed by atoms with Crippen molar-refractivity contribution in [2.24, 2.45) is 0 Å². The first-order valence-electron chi connectivity index (χ1n) is 7.69. The predicted molar refractivity (Wildman–Crippen MR) is 98.0 cm³/mol. The Labute approximate surface area is 141 Å². The number of nitrogens with one attached hydrogen (secondary N) is 2. The van der Waals surface area contributed by atoms with Crippen molar-refractivity contribution in [2.75, 3.05) is 7.11 Å². The number of ether oxygens (including phenoxy) is 1. The molecule has 0 rings (SSSR count). The average molecular weight is 322 g/mol. The minimum absolute atomic E-state index is 0.197. The number of hydrogen-bond acceptors (Lipinski definition) is 5. The molecule has 0 aromatic carbocycles. The van der Waals surface area contributed by atoms with Crippen LogP contribution in [0.4, 0.5) is 0 Å². The van der Waals surface area contributed by atoms with Crippen molar-refractivity contribution >= 4 is 13.7 Å². The van der Waals surface area contributed by atoms with Crippen molar-refractivity contribution in [3.63, 3.8) is 0 Å². The van der Waals surface area contributed by atoms with Crippen LogP contribution in [0.25, 0.3) is 0 Å². The van der Waals surface area contributed by atoms with Gasteiger partial charge in [-0.15, -0.1) is 0 Å². The summed E-state index contributed by atoms with van der Waals surface area (Å²) >= 11 is 0. The highest BCUT2D eigenvalue weighted by molar-refractivity contribution is 6.39. The van der Waals surface area contributed by atoms with Crippen LogP contribution in [0.2, 0.25) is 0 Å². The molecule has 23 heavy (non-hydrogen) atoms. The molecule has 0 saturated heterocycles. The molecule has 130 valence electrons. The standard InChI is InChI=1S/C17H31BN2O3/c1-9-10-15(20-13(3)22-8)14(11-19)12(2)18-23-17(6,7)16(4,5)21/h9-11,13,18-21H,1H2,2-8H3/b14-12+,15-10+,19-11?. The fraction of sp³-hybridized carbons (Fsp3) is 0.588. The van der Waals surface area contributed by atoms with E-state index in [1.165, 1.54) is 6.21 Å².